The first-order valence-electron chi connectivity index (χ1n) is 6.00. The molecule has 2 aromatic carbocycles. The van der Waals surface area contributed by atoms with E-state index in [1.54, 1.807) is 12.1 Å². The maximum absolute atomic E-state index is 13.5. The lowest BCUT2D eigenvalue weighted by molar-refractivity contribution is 0.460. The summed E-state index contributed by atoms with van der Waals surface area (Å²) in [4.78, 5) is 0. The van der Waals surface area contributed by atoms with Crippen LogP contribution in [0.1, 0.15) is 16.7 Å². The van der Waals surface area contributed by atoms with Gasteiger partial charge in [0.25, 0.3) is 0 Å². The van der Waals surface area contributed by atoms with E-state index in [1.807, 2.05) is 25.1 Å². The van der Waals surface area contributed by atoms with E-state index < -0.39 is 0 Å². The average Bonchev–Trinajstić information content (AvgIpc) is 2.38. The van der Waals surface area contributed by atoms with Crippen LogP contribution in [0.25, 0.3) is 0 Å². The zero-order valence-corrected chi connectivity index (χ0v) is 12.2. The molecule has 2 nitrogen and oxygen atoms in total. The van der Waals surface area contributed by atoms with Gasteiger partial charge in [0.05, 0.1) is 0 Å². The van der Waals surface area contributed by atoms with Crippen molar-refractivity contribution in [2.45, 2.75) is 20.0 Å². The van der Waals surface area contributed by atoms with E-state index in [-0.39, 0.29) is 5.82 Å². The monoisotopic (exact) mass is 323 g/mol. The molecule has 0 aliphatic heterocycles. The molecule has 0 fully saturated rings. The number of para-hydroxylation sites is 1. The molecule has 0 aromatic heterocycles. The molecule has 4 heteroatoms. The van der Waals surface area contributed by atoms with Gasteiger partial charge < -0.3 is 10.4 Å². The van der Waals surface area contributed by atoms with Crippen molar-refractivity contribution in [3.8, 4) is 5.75 Å². The molecule has 0 spiro atoms. The van der Waals surface area contributed by atoms with Crippen LogP contribution in [0.2, 0.25) is 0 Å². The van der Waals surface area contributed by atoms with E-state index in [2.05, 4.69) is 21.2 Å². The lowest BCUT2D eigenvalue weighted by atomic mass is 10.1. The summed E-state index contributed by atoms with van der Waals surface area (Å²) in [5.74, 6) is 0.0638. The van der Waals surface area contributed by atoms with Crippen LogP contribution >= 0.6 is 15.9 Å². The number of benzene rings is 2. The number of aromatic hydroxyl groups is 1. The third-order valence-corrected chi connectivity index (χ3v) is 3.45. The van der Waals surface area contributed by atoms with Gasteiger partial charge in [0.2, 0.25) is 0 Å². The lowest BCUT2D eigenvalue weighted by Gasteiger charge is -2.09. The molecule has 0 unspecified atom stereocenters. The van der Waals surface area contributed by atoms with E-state index >= 15 is 0 Å². The number of rotatable bonds is 4. The molecule has 100 valence electrons. The summed E-state index contributed by atoms with van der Waals surface area (Å²) in [5, 5.41) is 13.0. The normalized spacial score (nSPS) is 10.7. The minimum Gasteiger partial charge on any atom is -0.507 e. The highest BCUT2D eigenvalue weighted by Gasteiger charge is 2.05. The third-order valence-electron chi connectivity index (χ3n) is 2.96. The summed E-state index contributed by atoms with van der Waals surface area (Å²) < 4.78 is 14.4. The number of hydrogen-bond donors (Lipinski definition) is 2. The smallest absolute Gasteiger partial charge is 0.127 e. The Kier molecular flexibility index (Phi) is 4.56. The molecule has 0 amide bonds. The Morgan fingerprint density at radius 2 is 1.89 bits per heavy atom. The summed E-state index contributed by atoms with van der Waals surface area (Å²) in [7, 11) is 0. The topological polar surface area (TPSA) is 32.3 Å². The van der Waals surface area contributed by atoms with Crippen LogP contribution in [0.3, 0.4) is 0 Å². The van der Waals surface area contributed by atoms with Gasteiger partial charge in [0, 0.05) is 28.7 Å². The van der Waals surface area contributed by atoms with Crippen LogP contribution in [0.15, 0.2) is 40.9 Å². The molecule has 0 heterocycles. The fraction of sp³-hybridized carbons (Fsp3) is 0.200. The highest BCUT2D eigenvalue weighted by molar-refractivity contribution is 9.10. The molecule has 0 saturated heterocycles. The molecule has 0 saturated carbocycles. The Labute approximate surface area is 120 Å². The van der Waals surface area contributed by atoms with Crippen molar-refractivity contribution in [3.05, 3.63) is 63.4 Å². The van der Waals surface area contributed by atoms with Crippen molar-refractivity contribution in [1.29, 1.82) is 0 Å². The van der Waals surface area contributed by atoms with Gasteiger partial charge in [-0.25, -0.2) is 4.39 Å². The van der Waals surface area contributed by atoms with Crippen molar-refractivity contribution in [2.24, 2.45) is 0 Å². The summed E-state index contributed by atoms with van der Waals surface area (Å²) in [5.41, 5.74) is 2.25. The highest BCUT2D eigenvalue weighted by atomic mass is 79.9. The van der Waals surface area contributed by atoms with Crippen molar-refractivity contribution >= 4 is 15.9 Å². The minimum atomic E-state index is -0.232. The van der Waals surface area contributed by atoms with Crippen LogP contribution in [0.4, 0.5) is 4.39 Å². The largest absolute Gasteiger partial charge is 0.507 e. The second-order valence-corrected chi connectivity index (χ2v) is 5.34. The van der Waals surface area contributed by atoms with Crippen LogP contribution in [0.5, 0.6) is 5.75 Å². The molecule has 0 radical (unpaired) electrons. The number of hydrogen-bond acceptors (Lipinski definition) is 2. The molecular formula is C15H15BrFNO. The lowest BCUT2D eigenvalue weighted by Crippen LogP contribution is -2.14. The van der Waals surface area contributed by atoms with Gasteiger partial charge in [-0.05, 0) is 30.7 Å². The van der Waals surface area contributed by atoms with E-state index in [1.165, 1.54) is 6.07 Å². The Morgan fingerprint density at radius 3 is 2.68 bits per heavy atom. The average molecular weight is 324 g/mol. The van der Waals surface area contributed by atoms with Crippen molar-refractivity contribution in [3.63, 3.8) is 0 Å². The van der Waals surface area contributed by atoms with Gasteiger partial charge >= 0.3 is 0 Å². The first kappa shape index (κ1) is 14.0. The van der Waals surface area contributed by atoms with Crippen LogP contribution in [-0.2, 0) is 13.1 Å². The van der Waals surface area contributed by atoms with Crippen molar-refractivity contribution < 1.29 is 9.50 Å². The Morgan fingerprint density at radius 1 is 1.16 bits per heavy atom. The summed E-state index contributed by atoms with van der Waals surface area (Å²) in [6.07, 6.45) is 0. The predicted molar refractivity (Wildman–Crippen MR) is 77.5 cm³/mol. The zero-order chi connectivity index (χ0) is 13.8. The SMILES string of the molecule is Cc1cccc(CNCc2cc(Br)ccc2F)c1O. The first-order valence-corrected chi connectivity index (χ1v) is 6.79. The molecule has 19 heavy (non-hydrogen) atoms. The van der Waals surface area contributed by atoms with Gasteiger partial charge in [-0.1, -0.05) is 34.1 Å². The van der Waals surface area contributed by atoms with Gasteiger partial charge in [0.1, 0.15) is 11.6 Å². The zero-order valence-electron chi connectivity index (χ0n) is 10.6. The summed E-state index contributed by atoms with van der Waals surface area (Å²) in [6, 6.07) is 10.5. The van der Waals surface area contributed by atoms with Gasteiger partial charge in [-0.15, -0.1) is 0 Å². The summed E-state index contributed by atoms with van der Waals surface area (Å²) in [6.45, 7) is 2.77. The van der Waals surface area contributed by atoms with E-state index in [0.29, 0.717) is 24.4 Å². The van der Waals surface area contributed by atoms with Crippen LogP contribution < -0.4 is 5.32 Å². The number of nitrogens with one attached hydrogen (secondary N) is 1. The molecule has 0 atom stereocenters. The molecular weight excluding hydrogens is 309 g/mol. The molecule has 0 aliphatic carbocycles. The molecule has 2 rings (SSSR count). The quantitative estimate of drug-likeness (QED) is 0.894. The molecule has 0 aliphatic rings. The van der Waals surface area contributed by atoms with Gasteiger partial charge in [-0.3, -0.25) is 0 Å². The molecule has 0 bridgehead atoms. The standard InChI is InChI=1S/C15H15BrFNO/c1-10-3-2-4-11(15(10)19)8-18-9-12-7-13(16)5-6-14(12)17/h2-7,18-19H,8-9H2,1H3. The van der Waals surface area contributed by atoms with Gasteiger partial charge in [0.15, 0.2) is 0 Å². The molecule has 2 N–H and O–H groups in total. The number of aryl methyl sites for hydroxylation is 1. The second-order valence-electron chi connectivity index (χ2n) is 4.42. The maximum atomic E-state index is 13.5. The first-order chi connectivity index (χ1) is 9.08. The number of phenols is 1. The third kappa shape index (κ3) is 3.55. The number of halogens is 2. The highest BCUT2D eigenvalue weighted by Crippen LogP contribution is 2.21. The summed E-state index contributed by atoms with van der Waals surface area (Å²) >= 11 is 3.32. The Bertz CT molecular complexity index is 584. The van der Waals surface area contributed by atoms with Crippen LogP contribution in [0, 0.1) is 12.7 Å². The van der Waals surface area contributed by atoms with E-state index in [4.69, 9.17) is 0 Å². The van der Waals surface area contributed by atoms with Gasteiger partial charge in [-0.2, -0.15) is 0 Å². The Hall–Kier alpha value is -1.39. The van der Waals surface area contributed by atoms with Crippen molar-refractivity contribution in [2.75, 3.05) is 0 Å². The fourth-order valence-electron chi connectivity index (χ4n) is 1.87. The second kappa shape index (κ2) is 6.17. The Balaban J connectivity index is 2.00. The van der Waals surface area contributed by atoms with Crippen LogP contribution in [-0.4, -0.2) is 5.11 Å². The van der Waals surface area contributed by atoms with E-state index in [0.717, 1.165) is 15.6 Å². The molecule has 2 aromatic rings. The number of phenolic OH excluding ortho intramolecular Hbond substituents is 1. The van der Waals surface area contributed by atoms with Crippen molar-refractivity contribution in [1.82, 2.24) is 5.32 Å². The maximum Gasteiger partial charge on any atom is 0.127 e. The fourth-order valence-corrected chi connectivity index (χ4v) is 2.28. The minimum absolute atomic E-state index is 0.232. The van der Waals surface area contributed by atoms with E-state index in [9.17, 15) is 9.50 Å². The predicted octanol–water partition coefficient (Wildman–Crippen LogP) is 3.89.